The van der Waals surface area contributed by atoms with E-state index >= 15 is 0 Å². The van der Waals surface area contributed by atoms with Crippen molar-refractivity contribution in [1.82, 2.24) is 4.57 Å². The third kappa shape index (κ3) is 3.28. The summed E-state index contributed by atoms with van der Waals surface area (Å²) >= 11 is 0. The second kappa shape index (κ2) is 5.79. The third-order valence-electron chi connectivity index (χ3n) is 3.23. The number of rotatable bonds is 6. The van der Waals surface area contributed by atoms with Gasteiger partial charge in [-0.15, -0.1) is 0 Å². The fraction of sp³-hybridized carbons (Fsp3) is 0.636. The monoisotopic (exact) mass is 271 g/mol. The van der Waals surface area contributed by atoms with Crippen LogP contribution in [-0.4, -0.2) is 32.6 Å². The van der Waals surface area contributed by atoms with E-state index in [0.29, 0.717) is 5.82 Å². The maximum absolute atomic E-state index is 10.9. The smallest absolute Gasteiger partial charge is 0.305 e. The van der Waals surface area contributed by atoms with E-state index in [2.05, 4.69) is 5.16 Å². The van der Waals surface area contributed by atoms with E-state index < -0.39 is 11.6 Å². The van der Waals surface area contributed by atoms with Gasteiger partial charge in [0.1, 0.15) is 18.5 Å². The molecule has 0 radical (unpaired) electrons. The van der Waals surface area contributed by atoms with E-state index in [4.69, 9.17) is 9.94 Å². The van der Waals surface area contributed by atoms with Crippen molar-refractivity contribution in [1.29, 1.82) is 0 Å². The SMILES string of the molecule is CC(OCn1cc[n+](C)c1/C=N\O)C(C)(C)[N+](=O)[O-]. The summed E-state index contributed by atoms with van der Waals surface area (Å²) in [6.45, 7) is 4.83. The summed E-state index contributed by atoms with van der Waals surface area (Å²) in [6, 6.07) is 0. The van der Waals surface area contributed by atoms with Crippen molar-refractivity contribution in [2.45, 2.75) is 39.1 Å². The first-order chi connectivity index (χ1) is 8.80. The van der Waals surface area contributed by atoms with Gasteiger partial charge in [0.05, 0.1) is 7.05 Å². The lowest BCUT2D eigenvalue weighted by molar-refractivity contribution is -0.672. The molecule has 1 atom stereocenters. The van der Waals surface area contributed by atoms with Crippen LogP contribution in [0.25, 0.3) is 0 Å². The van der Waals surface area contributed by atoms with E-state index in [0.717, 1.165) is 0 Å². The Labute approximate surface area is 111 Å². The fourth-order valence-electron chi connectivity index (χ4n) is 1.41. The minimum absolute atomic E-state index is 0.140. The van der Waals surface area contributed by atoms with Crippen LogP contribution >= 0.6 is 0 Å². The zero-order valence-electron chi connectivity index (χ0n) is 11.5. The lowest BCUT2D eigenvalue weighted by Crippen LogP contribution is -2.44. The Kier molecular flexibility index (Phi) is 4.60. The molecule has 8 nitrogen and oxygen atoms in total. The van der Waals surface area contributed by atoms with Gasteiger partial charge < -0.3 is 9.94 Å². The Morgan fingerprint density at radius 1 is 1.74 bits per heavy atom. The average molecular weight is 271 g/mol. The summed E-state index contributed by atoms with van der Waals surface area (Å²) < 4.78 is 8.95. The van der Waals surface area contributed by atoms with E-state index in [1.54, 1.807) is 35.5 Å². The topological polar surface area (TPSA) is 93.8 Å². The Balaban J connectivity index is 2.75. The molecule has 1 unspecified atom stereocenters. The molecule has 1 rings (SSSR count). The largest absolute Gasteiger partial charge is 0.411 e. The molecule has 1 aromatic heterocycles. The molecule has 0 saturated heterocycles. The summed E-state index contributed by atoms with van der Waals surface area (Å²) in [5.41, 5.74) is -1.17. The first kappa shape index (κ1) is 15.1. The van der Waals surface area contributed by atoms with E-state index in [1.165, 1.54) is 20.1 Å². The molecule has 0 fully saturated rings. The number of nitrogens with zero attached hydrogens (tertiary/aromatic N) is 4. The molecule has 0 spiro atoms. The first-order valence-electron chi connectivity index (χ1n) is 5.79. The van der Waals surface area contributed by atoms with Gasteiger partial charge in [0, 0.05) is 18.8 Å². The second-order valence-corrected chi connectivity index (χ2v) is 4.83. The number of aromatic nitrogens is 2. The molecule has 1 aromatic rings. The highest BCUT2D eigenvalue weighted by Gasteiger charge is 2.39. The number of oxime groups is 1. The van der Waals surface area contributed by atoms with Crippen LogP contribution in [0, 0.1) is 10.1 Å². The molecule has 0 saturated carbocycles. The molecule has 0 aromatic carbocycles. The Morgan fingerprint density at radius 2 is 2.37 bits per heavy atom. The predicted molar refractivity (Wildman–Crippen MR) is 66.6 cm³/mol. The lowest BCUT2D eigenvalue weighted by atomic mass is 10.0. The van der Waals surface area contributed by atoms with Crippen molar-refractivity contribution in [3.05, 3.63) is 28.3 Å². The quantitative estimate of drug-likeness (QED) is 0.268. The van der Waals surface area contributed by atoms with Gasteiger partial charge >= 0.3 is 5.82 Å². The van der Waals surface area contributed by atoms with Crippen LogP contribution in [0.15, 0.2) is 17.5 Å². The van der Waals surface area contributed by atoms with Crippen LogP contribution in [0.4, 0.5) is 0 Å². The fourth-order valence-corrected chi connectivity index (χ4v) is 1.41. The minimum atomic E-state index is -1.17. The molecular formula is C11H19N4O4+. The highest BCUT2D eigenvalue weighted by molar-refractivity contribution is 5.72. The van der Waals surface area contributed by atoms with Crippen molar-refractivity contribution in [2.24, 2.45) is 12.2 Å². The summed E-state index contributed by atoms with van der Waals surface area (Å²) in [6.07, 6.45) is 4.22. The zero-order valence-corrected chi connectivity index (χ0v) is 11.5. The van der Waals surface area contributed by atoms with Gasteiger partial charge in [0.25, 0.3) is 0 Å². The highest BCUT2D eigenvalue weighted by Crippen LogP contribution is 2.17. The van der Waals surface area contributed by atoms with Crippen LogP contribution in [-0.2, 0) is 18.5 Å². The highest BCUT2D eigenvalue weighted by atomic mass is 16.6. The van der Waals surface area contributed by atoms with Crippen LogP contribution in [0.5, 0.6) is 0 Å². The maximum Gasteiger partial charge on any atom is 0.305 e. The number of nitro groups is 1. The Morgan fingerprint density at radius 3 is 2.89 bits per heavy atom. The molecule has 1 heterocycles. The van der Waals surface area contributed by atoms with Gasteiger partial charge in [-0.2, -0.15) is 0 Å². The number of imidazole rings is 1. The number of aryl methyl sites for hydroxylation is 1. The first-order valence-corrected chi connectivity index (χ1v) is 5.79. The Bertz CT molecular complexity index is 481. The van der Waals surface area contributed by atoms with Crippen molar-refractivity contribution in [3.63, 3.8) is 0 Å². The van der Waals surface area contributed by atoms with Crippen LogP contribution in [0.1, 0.15) is 26.6 Å². The van der Waals surface area contributed by atoms with Gasteiger partial charge in [-0.3, -0.25) is 10.1 Å². The van der Waals surface area contributed by atoms with Crippen molar-refractivity contribution in [3.8, 4) is 0 Å². The molecule has 0 bridgehead atoms. The molecule has 0 aliphatic heterocycles. The lowest BCUT2D eigenvalue weighted by Gasteiger charge is -2.22. The molecule has 1 N–H and O–H groups in total. The van der Waals surface area contributed by atoms with Crippen molar-refractivity contribution in [2.75, 3.05) is 0 Å². The average Bonchev–Trinajstić information content (AvgIpc) is 2.68. The van der Waals surface area contributed by atoms with Gasteiger partial charge in [0.15, 0.2) is 12.9 Å². The van der Waals surface area contributed by atoms with E-state index in [1.807, 2.05) is 0 Å². The Hall–Kier alpha value is -1.96. The van der Waals surface area contributed by atoms with Crippen LogP contribution in [0.2, 0.25) is 0 Å². The summed E-state index contributed by atoms with van der Waals surface area (Å²) in [5.74, 6) is 0.619. The van der Waals surface area contributed by atoms with E-state index in [9.17, 15) is 10.1 Å². The predicted octanol–water partition coefficient (Wildman–Crippen LogP) is 0.539. The van der Waals surface area contributed by atoms with Crippen LogP contribution in [0.3, 0.4) is 0 Å². The molecule has 8 heteroatoms. The normalized spacial score (nSPS) is 13.9. The minimum Gasteiger partial charge on any atom is -0.411 e. The summed E-state index contributed by atoms with van der Waals surface area (Å²) in [5, 5.41) is 22.5. The number of ether oxygens (including phenoxy) is 1. The van der Waals surface area contributed by atoms with Gasteiger partial charge in [-0.25, -0.2) is 9.13 Å². The standard InChI is InChI=1S/C11H18N4O4/c1-9(11(2,3)15(17)18)19-8-14-6-5-13(4)10(14)7-12-16/h5-7,9H,8H2,1-4H3/p+1. The maximum atomic E-state index is 10.9. The molecular weight excluding hydrogens is 252 g/mol. The molecule has 0 aliphatic carbocycles. The van der Waals surface area contributed by atoms with Gasteiger partial charge in [0.2, 0.25) is 5.54 Å². The van der Waals surface area contributed by atoms with E-state index in [-0.39, 0.29) is 11.7 Å². The third-order valence-corrected chi connectivity index (χ3v) is 3.23. The summed E-state index contributed by atoms with van der Waals surface area (Å²) in [7, 11) is 1.79. The molecule has 0 amide bonds. The van der Waals surface area contributed by atoms with Crippen LogP contribution < -0.4 is 4.57 Å². The van der Waals surface area contributed by atoms with Gasteiger partial charge in [-0.05, 0) is 6.92 Å². The second-order valence-electron chi connectivity index (χ2n) is 4.83. The van der Waals surface area contributed by atoms with Crippen molar-refractivity contribution >= 4 is 6.21 Å². The van der Waals surface area contributed by atoms with Crippen molar-refractivity contribution < 1.29 is 19.4 Å². The molecule has 19 heavy (non-hydrogen) atoms. The molecule has 0 aliphatic rings. The zero-order chi connectivity index (χ0) is 14.6. The number of hydrogen-bond donors (Lipinski definition) is 1. The van der Waals surface area contributed by atoms with Gasteiger partial charge in [-0.1, -0.05) is 5.16 Å². The molecule has 106 valence electrons. The summed E-state index contributed by atoms with van der Waals surface area (Å²) in [4.78, 5) is 10.6. The number of hydrogen-bond acceptors (Lipinski definition) is 5.